The Morgan fingerprint density at radius 2 is 0.585 bits per heavy atom. The standard InChI is InChI=1S/C59H106O6/c1-4-7-10-13-16-19-22-25-27-29-30-32-34-37-40-43-46-49-52-58(61)64-55-56(54-63-57(60)51-48-45-42-39-36-33-24-21-18-15-12-9-6-3)65-59(62)53-50-47-44-41-38-35-31-28-26-23-20-17-14-11-8-5-2/h28,30-33,36,42,45,56H,4-27,29,34-35,37-41,43-44,46-55H2,1-3H3/b31-28+,32-30+,36-33+,45-42+. The van der Waals surface area contributed by atoms with Crippen LogP contribution in [0.2, 0.25) is 0 Å². The van der Waals surface area contributed by atoms with Gasteiger partial charge in [0.15, 0.2) is 6.10 Å². The topological polar surface area (TPSA) is 78.9 Å². The minimum Gasteiger partial charge on any atom is -0.462 e. The van der Waals surface area contributed by atoms with Crippen molar-refractivity contribution in [3.63, 3.8) is 0 Å². The minimum atomic E-state index is -0.802. The van der Waals surface area contributed by atoms with Gasteiger partial charge in [0.2, 0.25) is 0 Å². The van der Waals surface area contributed by atoms with E-state index in [1.807, 2.05) is 6.08 Å². The van der Waals surface area contributed by atoms with Gasteiger partial charge in [-0.05, 0) is 89.9 Å². The fourth-order valence-electron chi connectivity index (χ4n) is 8.01. The minimum absolute atomic E-state index is 0.0965. The number of ether oxygens (including phenoxy) is 3. The van der Waals surface area contributed by atoms with Crippen LogP contribution in [0.25, 0.3) is 0 Å². The number of carbonyl (C=O) groups excluding carboxylic acids is 3. The van der Waals surface area contributed by atoms with Crippen LogP contribution < -0.4 is 0 Å². The Kier molecular flexibility index (Phi) is 51.8. The summed E-state index contributed by atoms with van der Waals surface area (Å²) in [4.78, 5) is 38.0. The predicted octanol–water partition coefficient (Wildman–Crippen LogP) is 18.7. The Labute approximate surface area is 403 Å². The van der Waals surface area contributed by atoms with E-state index < -0.39 is 6.10 Å². The molecule has 1 unspecified atom stereocenters. The lowest BCUT2D eigenvalue weighted by molar-refractivity contribution is -0.166. The lowest BCUT2D eigenvalue weighted by atomic mass is 10.1. The summed E-state index contributed by atoms with van der Waals surface area (Å²) in [7, 11) is 0. The monoisotopic (exact) mass is 911 g/mol. The molecule has 0 heterocycles. The van der Waals surface area contributed by atoms with E-state index in [0.717, 1.165) is 70.6 Å². The Bertz CT molecular complexity index is 1140. The smallest absolute Gasteiger partial charge is 0.306 e. The van der Waals surface area contributed by atoms with E-state index in [2.05, 4.69) is 63.3 Å². The van der Waals surface area contributed by atoms with Crippen LogP contribution in [0.15, 0.2) is 48.6 Å². The summed E-state index contributed by atoms with van der Waals surface area (Å²) in [5.41, 5.74) is 0. The van der Waals surface area contributed by atoms with Gasteiger partial charge in [0.1, 0.15) is 13.2 Å². The molecule has 0 aromatic rings. The van der Waals surface area contributed by atoms with Gasteiger partial charge in [0.05, 0.1) is 0 Å². The van der Waals surface area contributed by atoms with E-state index in [1.165, 1.54) is 173 Å². The molecule has 0 fully saturated rings. The third kappa shape index (κ3) is 52.2. The highest BCUT2D eigenvalue weighted by molar-refractivity contribution is 5.71. The average Bonchev–Trinajstić information content (AvgIpc) is 3.30. The van der Waals surface area contributed by atoms with Gasteiger partial charge in [-0.25, -0.2) is 0 Å². The van der Waals surface area contributed by atoms with Crippen molar-refractivity contribution in [3.05, 3.63) is 48.6 Å². The zero-order valence-corrected chi connectivity index (χ0v) is 43.3. The number of esters is 3. The third-order valence-electron chi connectivity index (χ3n) is 12.3. The molecule has 6 nitrogen and oxygen atoms in total. The van der Waals surface area contributed by atoms with Crippen LogP contribution in [0.4, 0.5) is 0 Å². The fraction of sp³-hybridized carbons (Fsp3) is 0.814. The molecule has 0 aromatic carbocycles. The lowest BCUT2D eigenvalue weighted by Gasteiger charge is -2.18. The van der Waals surface area contributed by atoms with E-state index in [-0.39, 0.29) is 37.5 Å². The Balaban J connectivity index is 4.42. The van der Waals surface area contributed by atoms with Crippen LogP contribution >= 0.6 is 0 Å². The maximum Gasteiger partial charge on any atom is 0.306 e. The van der Waals surface area contributed by atoms with E-state index in [1.54, 1.807) is 0 Å². The Morgan fingerprint density at radius 3 is 0.954 bits per heavy atom. The maximum atomic E-state index is 12.8. The average molecular weight is 911 g/mol. The quantitative estimate of drug-likeness (QED) is 0.0262. The molecule has 0 aliphatic carbocycles. The molecule has 0 saturated carbocycles. The molecule has 0 amide bonds. The van der Waals surface area contributed by atoms with Crippen molar-refractivity contribution in [2.45, 2.75) is 297 Å². The molecule has 6 heteroatoms. The molecule has 378 valence electrons. The molecule has 0 rings (SSSR count). The van der Waals surface area contributed by atoms with E-state index >= 15 is 0 Å². The third-order valence-corrected chi connectivity index (χ3v) is 12.3. The van der Waals surface area contributed by atoms with Crippen LogP contribution in [0.5, 0.6) is 0 Å². The molecule has 1 atom stereocenters. The van der Waals surface area contributed by atoms with E-state index in [0.29, 0.717) is 19.3 Å². The molecule has 0 aromatic heterocycles. The fourth-order valence-corrected chi connectivity index (χ4v) is 8.01. The number of hydrogen-bond donors (Lipinski definition) is 0. The number of unbranched alkanes of at least 4 members (excludes halogenated alkanes) is 32. The molecule has 0 saturated heterocycles. The van der Waals surface area contributed by atoms with Gasteiger partial charge in [-0.15, -0.1) is 0 Å². The summed E-state index contributed by atoms with van der Waals surface area (Å²) < 4.78 is 16.8. The number of rotatable bonds is 51. The van der Waals surface area contributed by atoms with Gasteiger partial charge in [-0.2, -0.15) is 0 Å². The first-order chi connectivity index (χ1) is 32.0. The highest BCUT2D eigenvalue weighted by Crippen LogP contribution is 2.15. The summed E-state index contributed by atoms with van der Waals surface area (Å²) in [6.45, 7) is 6.59. The first-order valence-corrected chi connectivity index (χ1v) is 28.1. The lowest BCUT2D eigenvalue weighted by Crippen LogP contribution is -2.30. The Hall–Kier alpha value is -2.63. The molecule has 65 heavy (non-hydrogen) atoms. The van der Waals surface area contributed by atoms with E-state index in [9.17, 15) is 14.4 Å². The van der Waals surface area contributed by atoms with Gasteiger partial charge < -0.3 is 14.2 Å². The molecule has 0 aliphatic rings. The number of carbonyl (C=O) groups is 3. The summed E-state index contributed by atoms with van der Waals surface area (Å²) >= 11 is 0. The van der Waals surface area contributed by atoms with Crippen molar-refractivity contribution in [3.8, 4) is 0 Å². The van der Waals surface area contributed by atoms with Gasteiger partial charge in [-0.1, -0.05) is 230 Å². The molecule has 0 bridgehead atoms. The van der Waals surface area contributed by atoms with Gasteiger partial charge in [-0.3, -0.25) is 14.4 Å². The maximum absolute atomic E-state index is 12.8. The molecule has 0 aliphatic heterocycles. The summed E-state index contributed by atoms with van der Waals surface area (Å²) in [5, 5.41) is 0. The number of hydrogen-bond acceptors (Lipinski definition) is 6. The SMILES string of the molecule is CCCCCCCC/C=C/C/C=C/CCC(=O)OCC(COC(=O)CCCCCCC/C=C/CCCCCCCCCCC)OC(=O)CCCCCCC/C=C/CCCCCCCCC. The van der Waals surface area contributed by atoms with Gasteiger partial charge in [0, 0.05) is 19.3 Å². The second-order valence-corrected chi connectivity index (χ2v) is 18.8. The van der Waals surface area contributed by atoms with Crippen molar-refractivity contribution in [2.24, 2.45) is 0 Å². The summed E-state index contributed by atoms with van der Waals surface area (Å²) in [6.07, 6.45) is 65.4. The number of allylic oxidation sites excluding steroid dienone is 8. The molecular weight excluding hydrogens is 805 g/mol. The molecular formula is C59H106O6. The molecule has 0 spiro atoms. The second-order valence-electron chi connectivity index (χ2n) is 18.8. The van der Waals surface area contributed by atoms with Gasteiger partial charge in [0.25, 0.3) is 0 Å². The summed E-state index contributed by atoms with van der Waals surface area (Å²) in [5.74, 6) is -0.973. The van der Waals surface area contributed by atoms with Crippen molar-refractivity contribution >= 4 is 17.9 Å². The predicted molar refractivity (Wildman–Crippen MR) is 279 cm³/mol. The van der Waals surface area contributed by atoms with Crippen molar-refractivity contribution in [1.82, 2.24) is 0 Å². The second kappa shape index (κ2) is 54.0. The van der Waals surface area contributed by atoms with Gasteiger partial charge >= 0.3 is 17.9 Å². The molecule has 0 N–H and O–H groups in total. The first kappa shape index (κ1) is 62.4. The zero-order chi connectivity index (χ0) is 47.2. The van der Waals surface area contributed by atoms with Crippen LogP contribution in [-0.4, -0.2) is 37.2 Å². The van der Waals surface area contributed by atoms with Crippen LogP contribution in [0, 0.1) is 0 Å². The first-order valence-electron chi connectivity index (χ1n) is 28.1. The van der Waals surface area contributed by atoms with Crippen LogP contribution in [0.3, 0.4) is 0 Å². The van der Waals surface area contributed by atoms with Crippen molar-refractivity contribution < 1.29 is 28.6 Å². The van der Waals surface area contributed by atoms with Crippen molar-refractivity contribution in [2.75, 3.05) is 13.2 Å². The zero-order valence-electron chi connectivity index (χ0n) is 43.3. The van der Waals surface area contributed by atoms with Crippen LogP contribution in [0.1, 0.15) is 290 Å². The van der Waals surface area contributed by atoms with Crippen LogP contribution in [-0.2, 0) is 28.6 Å². The largest absolute Gasteiger partial charge is 0.462 e. The highest BCUT2D eigenvalue weighted by Gasteiger charge is 2.19. The summed E-state index contributed by atoms with van der Waals surface area (Å²) in [6, 6.07) is 0. The van der Waals surface area contributed by atoms with E-state index in [4.69, 9.17) is 14.2 Å². The highest BCUT2D eigenvalue weighted by atomic mass is 16.6. The normalized spacial score (nSPS) is 12.4. The Morgan fingerprint density at radius 1 is 0.308 bits per heavy atom. The van der Waals surface area contributed by atoms with Crippen molar-refractivity contribution in [1.29, 1.82) is 0 Å². The molecule has 0 radical (unpaired) electrons.